The van der Waals surface area contributed by atoms with Crippen LogP contribution < -0.4 is 15.5 Å². The Morgan fingerprint density at radius 2 is 2.19 bits per heavy atom. The number of ether oxygens (including phenoxy) is 1. The Bertz CT molecular complexity index is 421. The van der Waals surface area contributed by atoms with Gasteiger partial charge >= 0.3 is 6.03 Å². The van der Waals surface area contributed by atoms with E-state index < -0.39 is 0 Å². The number of nitrogens with one attached hydrogen (secondary N) is 2. The maximum Gasteiger partial charge on any atom is 0.314 e. The minimum atomic E-state index is -0.122. The number of anilines is 1. The molecule has 0 saturated carbocycles. The van der Waals surface area contributed by atoms with Gasteiger partial charge in [-0.1, -0.05) is 0 Å². The molecule has 1 aromatic heterocycles. The number of methoxy groups -OCH3 is 1. The molecular weight excluding hydrogens is 270 g/mol. The summed E-state index contributed by atoms with van der Waals surface area (Å²) in [4.78, 5) is 22.2. The van der Waals surface area contributed by atoms with E-state index in [1.807, 2.05) is 0 Å². The molecule has 2 amide bonds. The van der Waals surface area contributed by atoms with Crippen LogP contribution in [-0.2, 0) is 4.74 Å². The number of amides is 2. The molecule has 0 aliphatic carbocycles. The van der Waals surface area contributed by atoms with E-state index in [1.165, 1.54) is 0 Å². The van der Waals surface area contributed by atoms with Gasteiger partial charge in [-0.25, -0.2) is 9.78 Å². The van der Waals surface area contributed by atoms with Gasteiger partial charge in [-0.05, 0) is 18.8 Å². The smallest absolute Gasteiger partial charge is 0.314 e. The van der Waals surface area contributed by atoms with Crippen LogP contribution >= 0.6 is 0 Å². The van der Waals surface area contributed by atoms with E-state index in [0.717, 1.165) is 31.7 Å². The van der Waals surface area contributed by atoms with E-state index >= 15 is 0 Å². The Morgan fingerprint density at radius 3 is 2.86 bits per heavy atom. The Balaban J connectivity index is 1.64. The van der Waals surface area contributed by atoms with Crippen LogP contribution in [0.1, 0.15) is 12.8 Å². The number of aromatic nitrogens is 2. The Morgan fingerprint density at radius 1 is 1.38 bits per heavy atom. The first kappa shape index (κ1) is 15.5. The largest absolute Gasteiger partial charge is 0.383 e. The SMILES string of the molecule is COCCNC(=O)NCC1CCN(c2cnccn2)CC1. The van der Waals surface area contributed by atoms with Crippen molar-refractivity contribution in [2.45, 2.75) is 12.8 Å². The van der Waals surface area contributed by atoms with Crippen molar-refractivity contribution >= 4 is 11.8 Å². The number of nitrogens with zero attached hydrogens (tertiary/aromatic N) is 3. The van der Waals surface area contributed by atoms with Crippen LogP contribution in [0, 0.1) is 5.92 Å². The fourth-order valence-corrected chi connectivity index (χ4v) is 2.39. The first-order valence-corrected chi connectivity index (χ1v) is 7.31. The van der Waals surface area contributed by atoms with Gasteiger partial charge < -0.3 is 20.3 Å². The summed E-state index contributed by atoms with van der Waals surface area (Å²) in [5.41, 5.74) is 0. The molecule has 1 saturated heterocycles. The van der Waals surface area contributed by atoms with Crippen LogP contribution in [0.25, 0.3) is 0 Å². The normalized spacial score (nSPS) is 15.8. The lowest BCUT2D eigenvalue weighted by Gasteiger charge is -2.32. The van der Waals surface area contributed by atoms with Crippen LogP contribution in [0.2, 0.25) is 0 Å². The summed E-state index contributed by atoms with van der Waals surface area (Å²) >= 11 is 0. The number of carbonyl (C=O) groups is 1. The van der Waals surface area contributed by atoms with Crippen molar-refractivity contribution in [1.29, 1.82) is 0 Å². The van der Waals surface area contributed by atoms with Crippen LogP contribution in [0.4, 0.5) is 10.6 Å². The fraction of sp³-hybridized carbons (Fsp3) is 0.643. The topological polar surface area (TPSA) is 79.4 Å². The van der Waals surface area contributed by atoms with Crippen LogP contribution in [0.3, 0.4) is 0 Å². The maximum atomic E-state index is 11.5. The van der Waals surface area contributed by atoms with Gasteiger partial charge in [-0.15, -0.1) is 0 Å². The van der Waals surface area contributed by atoms with Crippen molar-refractivity contribution in [1.82, 2.24) is 20.6 Å². The van der Waals surface area contributed by atoms with Crippen molar-refractivity contribution in [3.63, 3.8) is 0 Å². The second-order valence-corrected chi connectivity index (χ2v) is 5.12. The maximum absolute atomic E-state index is 11.5. The lowest BCUT2D eigenvalue weighted by atomic mass is 9.97. The number of rotatable bonds is 6. The summed E-state index contributed by atoms with van der Waals surface area (Å²) in [6, 6.07) is -0.122. The molecule has 7 nitrogen and oxygen atoms in total. The molecule has 2 rings (SSSR count). The van der Waals surface area contributed by atoms with E-state index in [1.54, 1.807) is 25.7 Å². The fourth-order valence-electron chi connectivity index (χ4n) is 2.39. The summed E-state index contributed by atoms with van der Waals surface area (Å²) in [5, 5.41) is 5.67. The highest BCUT2D eigenvalue weighted by Gasteiger charge is 2.20. The number of hydrogen-bond donors (Lipinski definition) is 2. The Kier molecular flexibility index (Phi) is 6.21. The summed E-state index contributed by atoms with van der Waals surface area (Å²) in [5.74, 6) is 1.45. The number of urea groups is 1. The number of hydrogen-bond acceptors (Lipinski definition) is 5. The van der Waals surface area contributed by atoms with E-state index in [9.17, 15) is 4.79 Å². The molecule has 1 aliphatic rings. The zero-order valence-electron chi connectivity index (χ0n) is 12.4. The van der Waals surface area contributed by atoms with E-state index in [2.05, 4.69) is 25.5 Å². The molecule has 21 heavy (non-hydrogen) atoms. The lowest BCUT2D eigenvalue weighted by molar-refractivity contribution is 0.195. The highest BCUT2D eigenvalue weighted by molar-refractivity contribution is 5.73. The van der Waals surface area contributed by atoms with Gasteiger partial charge in [0.1, 0.15) is 5.82 Å². The molecule has 0 aromatic carbocycles. The summed E-state index contributed by atoms with van der Waals surface area (Å²) in [6.45, 7) is 3.69. The third-order valence-corrected chi connectivity index (χ3v) is 3.63. The van der Waals surface area contributed by atoms with Gasteiger partial charge in [0.05, 0.1) is 12.8 Å². The molecule has 0 unspecified atom stereocenters. The molecule has 2 heterocycles. The highest BCUT2D eigenvalue weighted by Crippen LogP contribution is 2.20. The van der Waals surface area contributed by atoms with Crippen molar-refractivity contribution < 1.29 is 9.53 Å². The zero-order chi connectivity index (χ0) is 14.9. The minimum absolute atomic E-state index is 0.122. The van der Waals surface area contributed by atoms with Crippen molar-refractivity contribution in [3.8, 4) is 0 Å². The lowest BCUT2D eigenvalue weighted by Crippen LogP contribution is -2.42. The van der Waals surface area contributed by atoms with Gasteiger partial charge in [0.25, 0.3) is 0 Å². The predicted octanol–water partition coefficient (Wildman–Crippen LogP) is 0.639. The quantitative estimate of drug-likeness (QED) is 0.752. The van der Waals surface area contributed by atoms with Crippen LogP contribution in [0.5, 0.6) is 0 Å². The van der Waals surface area contributed by atoms with Gasteiger partial charge in [0.2, 0.25) is 0 Å². The van der Waals surface area contributed by atoms with Gasteiger partial charge in [-0.2, -0.15) is 0 Å². The molecule has 7 heteroatoms. The molecule has 2 N–H and O–H groups in total. The molecule has 0 spiro atoms. The summed E-state index contributed by atoms with van der Waals surface area (Å²) in [6.07, 6.45) is 7.29. The third-order valence-electron chi connectivity index (χ3n) is 3.63. The monoisotopic (exact) mass is 293 g/mol. The molecule has 0 bridgehead atoms. The van der Waals surface area contributed by atoms with E-state index in [-0.39, 0.29) is 6.03 Å². The van der Waals surface area contributed by atoms with Crippen LogP contribution in [0.15, 0.2) is 18.6 Å². The summed E-state index contributed by atoms with van der Waals surface area (Å²) < 4.78 is 4.88. The van der Waals surface area contributed by atoms with Crippen LogP contribution in [-0.4, -0.2) is 55.9 Å². The van der Waals surface area contributed by atoms with Gasteiger partial charge in [0.15, 0.2) is 0 Å². The molecular formula is C14H23N5O2. The molecule has 1 fully saturated rings. The molecule has 1 aliphatic heterocycles. The van der Waals surface area contributed by atoms with E-state index in [4.69, 9.17) is 4.74 Å². The molecule has 1 aromatic rings. The number of carbonyl (C=O) groups excluding carboxylic acids is 1. The van der Waals surface area contributed by atoms with Gasteiger partial charge in [-0.3, -0.25) is 4.98 Å². The van der Waals surface area contributed by atoms with Crippen molar-refractivity contribution in [3.05, 3.63) is 18.6 Å². The van der Waals surface area contributed by atoms with Crippen molar-refractivity contribution in [2.75, 3.05) is 44.8 Å². The first-order valence-electron chi connectivity index (χ1n) is 7.31. The average Bonchev–Trinajstić information content (AvgIpc) is 2.54. The van der Waals surface area contributed by atoms with Crippen molar-refractivity contribution in [2.24, 2.45) is 5.92 Å². The van der Waals surface area contributed by atoms with E-state index in [0.29, 0.717) is 25.6 Å². The molecule has 0 radical (unpaired) electrons. The minimum Gasteiger partial charge on any atom is -0.383 e. The highest BCUT2D eigenvalue weighted by atomic mass is 16.5. The Hall–Kier alpha value is -1.89. The summed E-state index contributed by atoms with van der Waals surface area (Å²) in [7, 11) is 1.62. The number of piperidine rings is 1. The average molecular weight is 293 g/mol. The third kappa shape index (κ3) is 5.18. The Labute approximate surface area is 125 Å². The molecule has 116 valence electrons. The zero-order valence-corrected chi connectivity index (χ0v) is 12.4. The molecule has 0 atom stereocenters. The van der Waals surface area contributed by atoms with Gasteiger partial charge in [0, 0.05) is 45.7 Å². The standard InChI is InChI=1S/C14H23N5O2/c1-21-9-6-17-14(20)18-10-12-2-7-19(8-3-12)13-11-15-4-5-16-13/h4-5,11-12H,2-3,6-10H2,1H3,(H2,17,18,20). The second kappa shape index (κ2) is 8.41. The predicted molar refractivity (Wildman–Crippen MR) is 80.2 cm³/mol. The second-order valence-electron chi connectivity index (χ2n) is 5.12. The first-order chi connectivity index (χ1) is 10.3.